The molecule has 3 heteroatoms. The van der Waals surface area contributed by atoms with Gasteiger partial charge < -0.3 is 5.32 Å². The van der Waals surface area contributed by atoms with Gasteiger partial charge in [-0.2, -0.15) is 0 Å². The molecule has 0 saturated heterocycles. The number of pyridine rings is 1. The molecule has 1 aromatic heterocycles. The fraction of sp³-hybridized carbons (Fsp3) is 0.389. The van der Waals surface area contributed by atoms with Crippen molar-refractivity contribution < 1.29 is 0 Å². The third-order valence-corrected chi connectivity index (χ3v) is 3.77. The van der Waals surface area contributed by atoms with Gasteiger partial charge in [-0.1, -0.05) is 44.5 Å². The van der Waals surface area contributed by atoms with Crippen molar-refractivity contribution in [2.45, 2.75) is 46.2 Å². The lowest BCUT2D eigenvalue weighted by Gasteiger charge is -2.13. The molecular weight excluding hydrogens is 280 g/mol. The second kappa shape index (κ2) is 7.58. The van der Waals surface area contributed by atoms with E-state index in [2.05, 4.69) is 49.3 Å². The third kappa shape index (κ3) is 4.83. The van der Waals surface area contributed by atoms with Crippen LogP contribution in [-0.4, -0.2) is 11.0 Å². The third-order valence-electron chi connectivity index (χ3n) is 3.53. The van der Waals surface area contributed by atoms with E-state index >= 15 is 0 Å². The molecule has 1 heterocycles. The molecule has 1 N–H and O–H groups in total. The van der Waals surface area contributed by atoms with Crippen LogP contribution in [0.5, 0.6) is 0 Å². The Morgan fingerprint density at radius 3 is 2.57 bits per heavy atom. The van der Waals surface area contributed by atoms with Gasteiger partial charge >= 0.3 is 0 Å². The van der Waals surface area contributed by atoms with Gasteiger partial charge in [0, 0.05) is 35.9 Å². The minimum Gasteiger partial charge on any atom is -0.310 e. The zero-order valence-corrected chi connectivity index (χ0v) is 13.7. The van der Waals surface area contributed by atoms with Gasteiger partial charge in [-0.25, -0.2) is 0 Å². The maximum absolute atomic E-state index is 6.13. The van der Waals surface area contributed by atoms with Crippen molar-refractivity contribution >= 4 is 11.6 Å². The number of hydrogen-bond donors (Lipinski definition) is 1. The van der Waals surface area contributed by atoms with Crippen LogP contribution in [0.3, 0.4) is 0 Å². The highest BCUT2D eigenvalue weighted by Crippen LogP contribution is 2.19. The predicted molar refractivity (Wildman–Crippen MR) is 89.8 cm³/mol. The highest BCUT2D eigenvalue weighted by atomic mass is 35.5. The number of nitrogens with zero attached hydrogens (tertiary/aromatic N) is 1. The monoisotopic (exact) mass is 302 g/mol. The van der Waals surface area contributed by atoms with E-state index in [4.69, 9.17) is 11.6 Å². The molecule has 0 aliphatic rings. The summed E-state index contributed by atoms with van der Waals surface area (Å²) in [5, 5.41) is 4.24. The van der Waals surface area contributed by atoms with Gasteiger partial charge in [-0.15, -0.1) is 0 Å². The summed E-state index contributed by atoms with van der Waals surface area (Å²) < 4.78 is 0. The van der Waals surface area contributed by atoms with Crippen LogP contribution in [0.2, 0.25) is 5.02 Å². The van der Waals surface area contributed by atoms with Gasteiger partial charge in [0.05, 0.1) is 0 Å². The molecular formula is C18H23ClN2. The van der Waals surface area contributed by atoms with Gasteiger partial charge in [-0.3, -0.25) is 4.98 Å². The Balaban J connectivity index is 2.17. The van der Waals surface area contributed by atoms with Crippen LogP contribution in [0, 0.1) is 0 Å². The molecule has 0 radical (unpaired) electrons. The average Bonchev–Trinajstić information content (AvgIpc) is 2.48. The summed E-state index contributed by atoms with van der Waals surface area (Å²) >= 11 is 6.13. The minimum atomic E-state index is 0.457. The van der Waals surface area contributed by atoms with Crippen LogP contribution < -0.4 is 5.32 Å². The highest BCUT2D eigenvalue weighted by Gasteiger charge is 2.06. The van der Waals surface area contributed by atoms with Crippen molar-refractivity contribution in [1.82, 2.24) is 10.3 Å². The summed E-state index contributed by atoms with van der Waals surface area (Å²) in [7, 11) is 0. The fourth-order valence-electron chi connectivity index (χ4n) is 2.21. The number of aryl methyl sites for hydroxylation is 1. The Bertz CT molecular complexity index is 576. The molecule has 0 spiro atoms. The molecule has 0 aliphatic heterocycles. The molecule has 2 nitrogen and oxygen atoms in total. The van der Waals surface area contributed by atoms with Gasteiger partial charge in [0.25, 0.3) is 0 Å². The van der Waals surface area contributed by atoms with E-state index < -0.39 is 0 Å². The minimum absolute atomic E-state index is 0.457. The summed E-state index contributed by atoms with van der Waals surface area (Å²) in [5.74, 6) is 0. The molecule has 2 aromatic rings. The van der Waals surface area contributed by atoms with Crippen molar-refractivity contribution in [3.05, 3.63) is 63.9 Å². The Hall–Kier alpha value is -1.38. The Morgan fingerprint density at radius 1 is 1.14 bits per heavy atom. The van der Waals surface area contributed by atoms with E-state index in [0.29, 0.717) is 6.04 Å². The lowest BCUT2D eigenvalue weighted by Crippen LogP contribution is -2.22. The Labute approximate surface area is 132 Å². The zero-order valence-electron chi connectivity index (χ0n) is 13.0. The maximum Gasteiger partial charge on any atom is 0.0447 e. The predicted octanol–water partition coefficient (Wildman–Crippen LogP) is 4.39. The summed E-state index contributed by atoms with van der Waals surface area (Å²) in [6.45, 7) is 7.27. The summed E-state index contributed by atoms with van der Waals surface area (Å²) in [5.41, 5.74) is 4.90. The molecule has 0 saturated carbocycles. The molecule has 21 heavy (non-hydrogen) atoms. The van der Waals surface area contributed by atoms with E-state index in [1.807, 2.05) is 18.3 Å². The first-order valence-corrected chi connectivity index (χ1v) is 7.90. The van der Waals surface area contributed by atoms with Crippen molar-refractivity contribution in [3.63, 3.8) is 0 Å². The second-order valence-electron chi connectivity index (χ2n) is 5.64. The van der Waals surface area contributed by atoms with Gasteiger partial charge in [-0.05, 0) is 41.3 Å². The zero-order chi connectivity index (χ0) is 15.2. The summed E-state index contributed by atoms with van der Waals surface area (Å²) in [4.78, 5) is 4.55. The first kappa shape index (κ1) is 16.0. The molecule has 0 bridgehead atoms. The van der Waals surface area contributed by atoms with Gasteiger partial charge in [0.15, 0.2) is 0 Å². The van der Waals surface area contributed by atoms with Crippen molar-refractivity contribution in [2.24, 2.45) is 0 Å². The van der Waals surface area contributed by atoms with Crippen molar-refractivity contribution in [2.75, 3.05) is 0 Å². The first-order valence-electron chi connectivity index (χ1n) is 7.53. The van der Waals surface area contributed by atoms with Gasteiger partial charge in [0.2, 0.25) is 0 Å². The first-order chi connectivity index (χ1) is 10.1. The van der Waals surface area contributed by atoms with Crippen LogP contribution >= 0.6 is 11.6 Å². The van der Waals surface area contributed by atoms with Crippen LogP contribution in [0.4, 0.5) is 0 Å². The normalized spacial score (nSPS) is 11.1. The average molecular weight is 303 g/mol. The molecule has 0 aliphatic carbocycles. The quantitative estimate of drug-likeness (QED) is 0.856. The standard InChI is InChI=1S/C18H23ClN2/c1-4-14-5-8-18(21-11-14)10-15-6-7-17(19)9-16(15)12-20-13(2)3/h5-9,11,13,20H,4,10,12H2,1-3H3. The SMILES string of the molecule is CCc1ccc(Cc2ccc(Cl)cc2CNC(C)C)nc1. The lowest BCUT2D eigenvalue weighted by molar-refractivity contribution is 0.587. The maximum atomic E-state index is 6.13. The largest absolute Gasteiger partial charge is 0.310 e. The van der Waals surface area contributed by atoms with Crippen LogP contribution in [0.1, 0.15) is 43.2 Å². The Morgan fingerprint density at radius 2 is 1.95 bits per heavy atom. The van der Waals surface area contributed by atoms with E-state index in [0.717, 1.165) is 30.1 Å². The molecule has 2 rings (SSSR count). The second-order valence-corrected chi connectivity index (χ2v) is 6.07. The topological polar surface area (TPSA) is 24.9 Å². The smallest absolute Gasteiger partial charge is 0.0447 e. The molecule has 112 valence electrons. The van der Waals surface area contributed by atoms with E-state index in [1.54, 1.807) is 0 Å². The highest BCUT2D eigenvalue weighted by molar-refractivity contribution is 6.30. The van der Waals surface area contributed by atoms with Crippen LogP contribution in [0.25, 0.3) is 0 Å². The molecule has 0 fully saturated rings. The van der Waals surface area contributed by atoms with Crippen LogP contribution in [0.15, 0.2) is 36.5 Å². The summed E-state index contributed by atoms with van der Waals surface area (Å²) in [6, 6.07) is 10.8. The molecule has 0 atom stereocenters. The number of aromatic nitrogens is 1. The van der Waals surface area contributed by atoms with Crippen molar-refractivity contribution in [1.29, 1.82) is 0 Å². The van der Waals surface area contributed by atoms with Crippen LogP contribution in [-0.2, 0) is 19.4 Å². The van der Waals surface area contributed by atoms with E-state index in [9.17, 15) is 0 Å². The van der Waals surface area contributed by atoms with Crippen molar-refractivity contribution in [3.8, 4) is 0 Å². The fourth-order valence-corrected chi connectivity index (χ4v) is 2.40. The van der Waals surface area contributed by atoms with E-state index in [1.165, 1.54) is 16.7 Å². The summed E-state index contributed by atoms with van der Waals surface area (Å²) in [6.07, 6.45) is 3.84. The van der Waals surface area contributed by atoms with E-state index in [-0.39, 0.29) is 0 Å². The molecule has 1 aromatic carbocycles. The number of rotatable bonds is 6. The lowest BCUT2D eigenvalue weighted by atomic mass is 10.0. The number of halogens is 1. The molecule has 0 unspecified atom stereocenters. The number of benzene rings is 1. The molecule has 0 amide bonds. The number of hydrogen-bond acceptors (Lipinski definition) is 2. The van der Waals surface area contributed by atoms with Gasteiger partial charge in [0.1, 0.15) is 0 Å². The Kier molecular flexibility index (Phi) is 5.77. The number of nitrogens with one attached hydrogen (secondary N) is 1.